The number of hydrogen-bond donors (Lipinski definition) is 0. The zero-order chi connectivity index (χ0) is 15.7. The zero-order valence-corrected chi connectivity index (χ0v) is 14.1. The topological polar surface area (TPSA) is 55.2 Å². The molecule has 1 aliphatic heterocycles. The molecular weight excluding hydrogens is 298 g/mol. The first-order valence-corrected chi connectivity index (χ1v) is 9.51. The number of fused-ring (bicyclic) bond motifs is 3. The fourth-order valence-corrected chi connectivity index (χ4v) is 4.68. The third-order valence-corrected chi connectivity index (χ3v) is 6.47. The van der Waals surface area contributed by atoms with Gasteiger partial charge in [-0.05, 0) is 31.0 Å². The van der Waals surface area contributed by atoms with E-state index < -0.39 is 10.0 Å². The van der Waals surface area contributed by atoms with Crippen LogP contribution in [-0.2, 0) is 23.0 Å². The van der Waals surface area contributed by atoms with Gasteiger partial charge in [-0.2, -0.15) is 4.31 Å². The SMILES string of the molecule is CCN(CC)S(=O)(=O)c1ccc2c(c1)nc1n2CCCCC1. The Bertz CT molecular complexity index is 776. The van der Waals surface area contributed by atoms with Crippen molar-refractivity contribution in [3.8, 4) is 0 Å². The summed E-state index contributed by atoms with van der Waals surface area (Å²) in [5.41, 5.74) is 1.85. The van der Waals surface area contributed by atoms with E-state index in [0.717, 1.165) is 42.7 Å². The van der Waals surface area contributed by atoms with Crippen molar-refractivity contribution < 1.29 is 8.42 Å². The lowest BCUT2D eigenvalue weighted by Gasteiger charge is -2.18. The molecule has 2 heterocycles. The van der Waals surface area contributed by atoms with Crippen LogP contribution in [-0.4, -0.2) is 35.4 Å². The molecule has 0 amide bonds. The first kappa shape index (κ1) is 15.5. The maximum absolute atomic E-state index is 12.6. The van der Waals surface area contributed by atoms with Gasteiger partial charge >= 0.3 is 0 Å². The first-order chi connectivity index (χ1) is 10.6. The summed E-state index contributed by atoms with van der Waals surface area (Å²) in [5, 5.41) is 0. The Kier molecular flexibility index (Phi) is 4.23. The molecule has 1 aromatic carbocycles. The molecule has 5 nitrogen and oxygen atoms in total. The highest BCUT2D eigenvalue weighted by molar-refractivity contribution is 7.89. The quantitative estimate of drug-likeness (QED) is 0.870. The van der Waals surface area contributed by atoms with E-state index in [1.54, 1.807) is 12.1 Å². The van der Waals surface area contributed by atoms with Crippen LogP contribution < -0.4 is 0 Å². The smallest absolute Gasteiger partial charge is 0.243 e. The van der Waals surface area contributed by atoms with E-state index in [2.05, 4.69) is 9.55 Å². The van der Waals surface area contributed by atoms with E-state index in [9.17, 15) is 8.42 Å². The van der Waals surface area contributed by atoms with Crippen LogP contribution in [0.15, 0.2) is 23.1 Å². The third-order valence-electron chi connectivity index (χ3n) is 4.42. The van der Waals surface area contributed by atoms with Gasteiger partial charge in [0.15, 0.2) is 0 Å². The highest BCUT2D eigenvalue weighted by Crippen LogP contribution is 2.25. The van der Waals surface area contributed by atoms with Gasteiger partial charge in [0.05, 0.1) is 15.9 Å². The van der Waals surface area contributed by atoms with Gasteiger partial charge in [-0.15, -0.1) is 0 Å². The maximum Gasteiger partial charge on any atom is 0.243 e. The summed E-state index contributed by atoms with van der Waals surface area (Å²) in [7, 11) is -3.42. The molecule has 2 aromatic rings. The van der Waals surface area contributed by atoms with E-state index in [0.29, 0.717) is 18.0 Å². The second-order valence-corrected chi connectivity index (χ2v) is 7.67. The van der Waals surface area contributed by atoms with E-state index in [4.69, 9.17) is 0 Å². The maximum atomic E-state index is 12.6. The Balaban J connectivity index is 2.08. The fourth-order valence-electron chi connectivity index (χ4n) is 3.20. The van der Waals surface area contributed by atoms with E-state index >= 15 is 0 Å². The minimum Gasteiger partial charge on any atom is -0.328 e. The number of aromatic nitrogens is 2. The van der Waals surface area contributed by atoms with Crippen molar-refractivity contribution in [2.24, 2.45) is 0 Å². The fraction of sp³-hybridized carbons (Fsp3) is 0.562. The Hall–Kier alpha value is -1.40. The largest absolute Gasteiger partial charge is 0.328 e. The van der Waals surface area contributed by atoms with E-state index in [-0.39, 0.29) is 0 Å². The van der Waals surface area contributed by atoms with Gasteiger partial charge in [0.25, 0.3) is 0 Å². The number of aryl methyl sites for hydroxylation is 2. The molecule has 0 atom stereocenters. The molecule has 0 saturated carbocycles. The van der Waals surface area contributed by atoms with Gasteiger partial charge in [0, 0.05) is 26.1 Å². The van der Waals surface area contributed by atoms with Gasteiger partial charge in [0.2, 0.25) is 10.0 Å². The van der Waals surface area contributed by atoms with Crippen molar-refractivity contribution in [1.82, 2.24) is 13.9 Å². The molecule has 0 fully saturated rings. The molecule has 0 spiro atoms. The summed E-state index contributed by atoms with van der Waals surface area (Å²) in [6.07, 6.45) is 4.54. The summed E-state index contributed by atoms with van der Waals surface area (Å²) >= 11 is 0. The zero-order valence-electron chi connectivity index (χ0n) is 13.2. The summed E-state index contributed by atoms with van der Waals surface area (Å²) in [6, 6.07) is 5.36. The minimum atomic E-state index is -3.42. The monoisotopic (exact) mass is 321 g/mol. The number of nitrogens with zero attached hydrogens (tertiary/aromatic N) is 3. The molecular formula is C16H23N3O2S. The van der Waals surface area contributed by atoms with Crippen molar-refractivity contribution in [1.29, 1.82) is 0 Å². The Morgan fingerprint density at radius 3 is 2.68 bits per heavy atom. The second-order valence-electron chi connectivity index (χ2n) is 5.73. The number of imidazole rings is 1. The summed E-state index contributed by atoms with van der Waals surface area (Å²) in [5.74, 6) is 1.09. The van der Waals surface area contributed by atoms with Crippen molar-refractivity contribution >= 4 is 21.1 Å². The van der Waals surface area contributed by atoms with Crippen LogP contribution >= 0.6 is 0 Å². The number of hydrogen-bond acceptors (Lipinski definition) is 3. The van der Waals surface area contributed by atoms with E-state index in [1.165, 1.54) is 10.7 Å². The standard InChI is InChI=1S/C16H23N3O2S/c1-3-18(4-2)22(20,21)13-9-10-15-14(12-13)17-16-8-6-5-7-11-19(15)16/h9-10,12H,3-8,11H2,1-2H3. The summed E-state index contributed by atoms with van der Waals surface area (Å²) < 4.78 is 29.0. The molecule has 3 rings (SSSR count). The normalized spacial score (nSPS) is 16.0. The molecule has 1 aliphatic rings. The highest BCUT2D eigenvalue weighted by Gasteiger charge is 2.23. The number of benzene rings is 1. The molecule has 0 unspecified atom stereocenters. The van der Waals surface area contributed by atoms with Gasteiger partial charge in [0.1, 0.15) is 5.82 Å². The number of sulfonamides is 1. The molecule has 0 radical (unpaired) electrons. The molecule has 6 heteroatoms. The van der Waals surface area contributed by atoms with Gasteiger partial charge in [-0.3, -0.25) is 0 Å². The van der Waals surface area contributed by atoms with Crippen LogP contribution in [0.1, 0.15) is 38.9 Å². The molecule has 0 saturated heterocycles. The molecule has 0 aliphatic carbocycles. The van der Waals surface area contributed by atoms with Crippen LogP contribution in [0.2, 0.25) is 0 Å². The van der Waals surface area contributed by atoms with Crippen LogP contribution in [0.4, 0.5) is 0 Å². The van der Waals surface area contributed by atoms with Gasteiger partial charge < -0.3 is 4.57 Å². The lowest BCUT2D eigenvalue weighted by molar-refractivity contribution is 0.445. The van der Waals surface area contributed by atoms with Crippen molar-refractivity contribution in [3.05, 3.63) is 24.0 Å². The average Bonchev–Trinajstić information content (AvgIpc) is 2.68. The van der Waals surface area contributed by atoms with Crippen molar-refractivity contribution in [2.75, 3.05) is 13.1 Å². The second kappa shape index (κ2) is 6.01. The third kappa shape index (κ3) is 2.54. The van der Waals surface area contributed by atoms with Gasteiger partial charge in [-0.25, -0.2) is 13.4 Å². The molecule has 0 N–H and O–H groups in total. The molecule has 120 valence electrons. The number of rotatable bonds is 4. The first-order valence-electron chi connectivity index (χ1n) is 8.07. The minimum absolute atomic E-state index is 0.344. The van der Waals surface area contributed by atoms with Crippen LogP contribution in [0.5, 0.6) is 0 Å². The Morgan fingerprint density at radius 2 is 1.95 bits per heavy atom. The van der Waals surface area contributed by atoms with Crippen molar-refractivity contribution in [3.63, 3.8) is 0 Å². The highest BCUT2D eigenvalue weighted by atomic mass is 32.2. The molecule has 1 aromatic heterocycles. The lowest BCUT2D eigenvalue weighted by atomic mass is 10.2. The van der Waals surface area contributed by atoms with Gasteiger partial charge in [-0.1, -0.05) is 20.3 Å². The van der Waals surface area contributed by atoms with Crippen LogP contribution in [0.25, 0.3) is 11.0 Å². The summed E-state index contributed by atoms with van der Waals surface area (Å²) in [4.78, 5) is 5.02. The van der Waals surface area contributed by atoms with Crippen LogP contribution in [0, 0.1) is 0 Å². The van der Waals surface area contributed by atoms with E-state index in [1.807, 2.05) is 19.9 Å². The molecule has 0 bridgehead atoms. The van der Waals surface area contributed by atoms with Crippen LogP contribution in [0.3, 0.4) is 0 Å². The lowest BCUT2D eigenvalue weighted by Crippen LogP contribution is -2.30. The average molecular weight is 321 g/mol. The Morgan fingerprint density at radius 1 is 1.18 bits per heavy atom. The summed E-state index contributed by atoms with van der Waals surface area (Å²) in [6.45, 7) is 5.66. The van der Waals surface area contributed by atoms with Crippen molar-refractivity contribution in [2.45, 2.75) is 51.0 Å². The Labute approximate surface area is 132 Å². The predicted octanol–water partition coefficient (Wildman–Crippen LogP) is 2.79. The molecule has 22 heavy (non-hydrogen) atoms. The predicted molar refractivity (Wildman–Crippen MR) is 87.4 cm³/mol.